The SMILES string of the molecule is c1ccc(-c2cc3ccccc3c(-c3ccc(C4(c5ccccc5)c5ccccc5-c5ccccc5-c5ccccc54)cc3)n2)cc1. The summed E-state index contributed by atoms with van der Waals surface area (Å²) in [4.78, 5) is 5.27. The van der Waals surface area contributed by atoms with Crippen LogP contribution in [-0.2, 0) is 5.41 Å². The van der Waals surface area contributed by atoms with E-state index in [1.165, 1.54) is 49.9 Å². The van der Waals surface area contributed by atoms with E-state index in [-0.39, 0.29) is 0 Å². The fourth-order valence-electron chi connectivity index (χ4n) is 7.72. The third kappa shape index (κ3) is 4.28. The van der Waals surface area contributed by atoms with Crippen LogP contribution in [0.3, 0.4) is 0 Å². The number of fused-ring (bicyclic) bond motifs is 6. The zero-order valence-electron chi connectivity index (χ0n) is 25.8. The number of pyridine rings is 1. The zero-order valence-corrected chi connectivity index (χ0v) is 25.8. The molecule has 0 unspecified atom stereocenters. The summed E-state index contributed by atoms with van der Waals surface area (Å²) in [5.74, 6) is 0. The van der Waals surface area contributed by atoms with Gasteiger partial charge in [-0.05, 0) is 56.0 Å². The lowest BCUT2D eigenvalue weighted by atomic mass is 9.63. The van der Waals surface area contributed by atoms with Gasteiger partial charge < -0.3 is 0 Å². The van der Waals surface area contributed by atoms with E-state index in [0.717, 1.165) is 27.9 Å². The maximum Gasteiger partial charge on any atom is 0.0787 e. The molecule has 0 fully saturated rings. The highest BCUT2D eigenvalue weighted by molar-refractivity contribution is 5.97. The molecule has 1 aliphatic rings. The van der Waals surface area contributed by atoms with E-state index in [9.17, 15) is 0 Å². The number of hydrogen-bond acceptors (Lipinski definition) is 1. The van der Waals surface area contributed by atoms with Crippen LogP contribution in [-0.4, -0.2) is 4.98 Å². The van der Waals surface area contributed by atoms with Gasteiger partial charge in [0.15, 0.2) is 0 Å². The molecular formula is C46H31N. The van der Waals surface area contributed by atoms with Crippen LogP contribution >= 0.6 is 0 Å². The molecule has 0 saturated carbocycles. The molecule has 1 aromatic heterocycles. The Hall–Kier alpha value is -6.05. The second kappa shape index (κ2) is 11.1. The van der Waals surface area contributed by atoms with E-state index in [4.69, 9.17) is 4.98 Å². The van der Waals surface area contributed by atoms with Crippen molar-refractivity contribution in [2.24, 2.45) is 0 Å². The van der Waals surface area contributed by atoms with Gasteiger partial charge in [0, 0.05) is 16.5 Å². The molecule has 1 heterocycles. The van der Waals surface area contributed by atoms with Gasteiger partial charge in [-0.2, -0.15) is 0 Å². The summed E-state index contributed by atoms with van der Waals surface area (Å²) in [5, 5.41) is 2.34. The normalized spacial score (nSPS) is 12.9. The second-order valence-corrected chi connectivity index (χ2v) is 12.3. The van der Waals surface area contributed by atoms with E-state index in [2.05, 4.69) is 188 Å². The molecule has 0 N–H and O–H groups in total. The van der Waals surface area contributed by atoms with Crippen molar-refractivity contribution in [1.82, 2.24) is 4.98 Å². The summed E-state index contributed by atoms with van der Waals surface area (Å²) in [6, 6.07) is 68.2. The van der Waals surface area contributed by atoms with Crippen molar-refractivity contribution in [3.63, 3.8) is 0 Å². The third-order valence-corrected chi connectivity index (χ3v) is 9.78. The van der Waals surface area contributed by atoms with Crippen LogP contribution in [0.5, 0.6) is 0 Å². The standard InChI is InChI=1S/C46H31N/c1-3-15-32(16-4-1)44-31-34-17-7-8-20-37(34)45(47-44)33-27-29-36(30-28-33)46(35-18-5-2-6-19-35)42-25-13-11-23-40(42)38-21-9-10-22-39(38)41-24-12-14-26-43(41)46/h1-31H. The van der Waals surface area contributed by atoms with Crippen molar-refractivity contribution < 1.29 is 0 Å². The molecule has 0 bridgehead atoms. The molecule has 8 aromatic rings. The highest BCUT2D eigenvalue weighted by Gasteiger charge is 2.43. The zero-order chi connectivity index (χ0) is 31.2. The molecule has 1 heteroatoms. The fraction of sp³-hybridized carbons (Fsp3) is 0.0217. The van der Waals surface area contributed by atoms with Gasteiger partial charge in [-0.25, -0.2) is 4.98 Å². The molecule has 0 atom stereocenters. The average molecular weight is 598 g/mol. The third-order valence-electron chi connectivity index (χ3n) is 9.78. The van der Waals surface area contributed by atoms with Crippen LogP contribution < -0.4 is 0 Å². The minimum atomic E-state index is -0.548. The molecule has 7 aromatic carbocycles. The second-order valence-electron chi connectivity index (χ2n) is 12.3. The Morgan fingerprint density at radius 2 is 0.851 bits per heavy atom. The van der Waals surface area contributed by atoms with Crippen molar-refractivity contribution in [2.45, 2.75) is 5.41 Å². The van der Waals surface area contributed by atoms with Gasteiger partial charge in [0.05, 0.1) is 16.8 Å². The first-order valence-corrected chi connectivity index (χ1v) is 16.2. The largest absolute Gasteiger partial charge is 0.247 e. The van der Waals surface area contributed by atoms with Crippen LogP contribution in [0.4, 0.5) is 0 Å². The van der Waals surface area contributed by atoms with E-state index in [1.807, 2.05) is 0 Å². The maximum atomic E-state index is 5.27. The van der Waals surface area contributed by atoms with Gasteiger partial charge in [0.1, 0.15) is 0 Å². The Morgan fingerprint density at radius 1 is 0.362 bits per heavy atom. The minimum Gasteiger partial charge on any atom is -0.247 e. The van der Waals surface area contributed by atoms with Gasteiger partial charge >= 0.3 is 0 Å². The fourth-order valence-corrected chi connectivity index (χ4v) is 7.72. The molecule has 1 aliphatic carbocycles. The molecule has 0 amide bonds. The van der Waals surface area contributed by atoms with Crippen LogP contribution in [0.2, 0.25) is 0 Å². The predicted octanol–water partition coefficient (Wildman–Crippen LogP) is 11.6. The summed E-state index contributed by atoms with van der Waals surface area (Å²) in [5.41, 5.74) is 13.7. The summed E-state index contributed by atoms with van der Waals surface area (Å²) in [7, 11) is 0. The number of aromatic nitrogens is 1. The number of nitrogens with zero attached hydrogens (tertiary/aromatic N) is 1. The maximum absolute atomic E-state index is 5.27. The van der Waals surface area contributed by atoms with Gasteiger partial charge in [-0.1, -0.05) is 182 Å². The minimum absolute atomic E-state index is 0.548. The molecule has 0 radical (unpaired) electrons. The molecule has 1 nitrogen and oxygen atoms in total. The smallest absolute Gasteiger partial charge is 0.0787 e. The molecule has 220 valence electrons. The first-order valence-electron chi connectivity index (χ1n) is 16.2. The lowest BCUT2D eigenvalue weighted by molar-refractivity contribution is 0.751. The summed E-state index contributed by atoms with van der Waals surface area (Å²) in [6.45, 7) is 0. The van der Waals surface area contributed by atoms with E-state index in [0.29, 0.717) is 0 Å². The van der Waals surface area contributed by atoms with E-state index in [1.54, 1.807) is 0 Å². The Balaban J connectivity index is 1.32. The molecule has 9 rings (SSSR count). The quantitative estimate of drug-likeness (QED) is 0.197. The predicted molar refractivity (Wildman–Crippen MR) is 195 cm³/mol. The highest BCUT2D eigenvalue weighted by Crippen LogP contribution is 2.55. The van der Waals surface area contributed by atoms with E-state index >= 15 is 0 Å². The van der Waals surface area contributed by atoms with Crippen molar-refractivity contribution in [1.29, 1.82) is 0 Å². The Labute approximate surface area is 275 Å². The first kappa shape index (κ1) is 27.3. The van der Waals surface area contributed by atoms with Crippen LogP contribution in [0, 0.1) is 0 Å². The summed E-state index contributed by atoms with van der Waals surface area (Å²) >= 11 is 0. The molecular weight excluding hydrogens is 567 g/mol. The van der Waals surface area contributed by atoms with Crippen LogP contribution in [0.1, 0.15) is 22.3 Å². The Morgan fingerprint density at radius 3 is 1.49 bits per heavy atom. The van der Waals surface area contributed by atoms with Crippen molar-refractivity contribution in [3.8, 4) is 44.8 Å². The summed E-state index contributed by atoms with van der Waals surface area (Å²) in [6.07, 6.45) is 0. The molecule has 0 saturated heterocycles. The van der Waals surface area contributed by atoms with Gasteiger partial charge in [-0.15, -0.1) is 0 Å². The Bertz CT molecular complexity index is 2320. The van der Waals surface area contributed by atoms with Crippen molar-refractivity contribution in [2.75, 3.05) is 0 Å². The van der Waals surface area contributed by atoms with Crippen LogP contribution in [0.25, 0.3) is 55.5 Å². The van der Waals surface area contributed by atoms with Crippen molar-refractivity contribution in [3.05, 3.63) is 210 Å². The number of hydrogen-bond donors (Lipinski definition) is 0. The van der Waals surface area contributed by atoms with E-state index < -0.39 is 5.41 Å². The van der Waals surface area contributed by atoms with Crippen molar-refractivity contribution >= 4 is 10.8 Å². The topological polar surface area (TPSA) is 12.9 Å². The number of benzene rings is 7. The van der Waals surface area contributed by atoms with Gasteiger partial charge in [0.25, 0.3) is 0 Å². The molecule has 0 aliphatic heterocycles. The Kier molecular flexibility index (Phi) is 6.43. The number of rotatable bonds is 4. The lowest BCUT2D eigenvalue weighted by Gasteiger charge is -2.38. The van der Waals surface area contributed by atoms with Crippen LogP contribution in [0.15, 0.2) is 188 Å². The highest BCUT2D eigenvalue weighted by atomic mass is 14.7. The molecule has 47 heavy (non-hydrogen) atoms. The molecule has 0 spiro atoms. The van der Waals surface area contributed by atoms with Gasteiger partial charge in [-0.3, -0.25) is 0 Å². The first-order chi connectivity index (χ1) is 23.3. The monoisotopic (exact) mass is 597 g/mol. The average Bonchev–Trinajstić information content (AvgIpc) is 3.27. The summed E-state index contributed by atoms with van der Waals surface area (Å²) < 4.78 is 0. The lowest BCUT2D eigenvalue weighted by Crippen LogP contribution is -2.31. The van der Waals surface area contributed by atoms with Gasteiger partial charge in [0.2, 0.25) is 0 Å².